The molecule has 0 bridgehead atoms. The van der Waals surface area contributed by atoms with Crippen molar-refractivity contribution in [3.8, 4) is 0 Å². The van der Waals surface area contributed by atoms with E-state index in [4.69, 9.17) is 0 Å². The maximum atomic E-state index is 12.7. The summed E-state index contributed by atoms with van der Waals surface area (Å²) in [6.07, 6.45) is 0. The lowest BCUT2D eigenvalue weighted by atomic mass is 10.0. The van der Waals surface area contributed by atoms with E-state index in [1.807, 2.05) is 23.1 Å². The Balaban J connectivity index is 1.81. The third-order valence-electron chi connectivity index (χ3n) is 4.35. The molecule has 0 saturated carbocycles. The molecule has 5 heteroatoms. The van der Waals surface area contributed by atoms with Gasteiger partial charge in [-0.2, -0.15) is 0 Å². The highest BCUT2D eigenvalue weighted by Crippen LogP contribution is 2.27. The standard InChI is InChI=1S/C17H24N4O/c1-14(17(22)21-12-8-19-9-13-21)15-4-2-3-5-16(15)20-10-6-18-7-11-20/h2-5,18-19H,1,6-13H2. The average Bonchev–Trinajstić information content (AvgIpc) is 2.62. The first-order valence-corrected chi connectivity index (χ1v) is 8.01. The van der Waals surface area contributed by atoms with Crippen LogP contribution in [0, 0.1) is 0 Å². The Hall–Kier alpha value is -1.85. The summed E-state index contributed by atoms with van der Waals surface area (Å²) >= 11 is 0. The fourth-order valence-electron chi connectivity index (χ4n) is 3.08. The van der Waals surface area contributed by atoms with E-state index in [9.17, 15) is 4.79 Å². The van der Waals surface area contributed by atoms with Gasteiger partial charge in [0.2, 0.25) is 0 Å². The SMILES string of the molecule is C=C(C(=O)N1CCNCC1)c1ccccc1N1CCNCC1. The van der Waals surface area contributed by atoms with E-state index in [-0.39, 0.29) is 5.91 Å². The van der Waals surface area contributed by atoms with Gasteiger partial charge in [-0.1, -0.05) is 24.8 Å². The molecule has 22 heavy (non-hydrogen) atoms. The van der Waals surface area contributed by atoms with Crippen LogP contribution in [0.3, 0.4) is 0 Å². The number of hydrogen-bond donors (Lipinski definition) is 2. The second-order valence-electron chi connectivity index (χ2n) is 5.77. The molecular weight excluding hydrogens is 276 g/mol. The Morgan fingerprint density at radius 1 is 0.955 bits per heavy atom. The van der Waals surface area contributed by atoms with Gasteiger partial charge in [0, 0.05) is 69.2 Å². The van der Waals surface area contributed by atoms with Gasteiger partial charge in [0.15, 0.2) is 0 Å². The summed E-state index contributed by atoms with van der Waals surface area (Å²) in [4.78, 5) is 16.9. The zero-order valence-electron chi connectivity index (χ0n) is 13.0. The number of anilines is 1. The van der Waals surface area contributed by atoms with E-state index in [0.29, 0.717) is 5.57 Å². The Morgan fingerprint density at radius 3 is 2.23 bits per heavy atom. The van der Waals surface area contributed by atoms with Gasteiger partial charge in [0.05, 0.1) is 0 Å². The Kier molecular flexibility index (Phi) is 4.75. The molecule has 0 unspecified atom stereocenters. The van der Waals surface area contributed by atoms with Gasteiger partial charge in [0.25, 0.3) is 5.91 Å². The van der Waals surface area contributed by atoms with Gasteiger partial charge in [-0.25, -0.2) is 0 Å². The lowest BCUT2D eigenvalue weighted by molar-refractivity contribution is -0.125. The summed E-state index contributed by atoms with van der Waals surface area (Å²) in [6.45, 7) is 11.2. The van der Waals surface area contributed by atoms with E-state index in [1.165, 1.54) is 0 Å². The fraction of sp³-hybridized carbons (Fsp3) is 0.471. The van der Waals surface area contributed by atoms with Crippen LogP contribution in [0.2, 0.25) is 0 Å². The minimum Gasteiger partial charge on any atom is -0.368 e. The summed E-state index contributed by atoms with van der Waals surface area (Å²) in [5, 5.41) is 6.63. The quantitative estimate of drug-likeness (QED) is 0.800. The minimum absolute atomic E-state index is 0.0593. The van der Waals surface area contributed by atoms with Crippen molar-refractivity contribution in [2.45, 2.75) is 0 Å². The molecule has 0 atom stereocenters. The van der Waals surface area contributed by atoms with Crippen LogP contribution in [0.25, 0.3) is 5.57 Å². The Labute approximate surface area is 132 Å². The molecule has 1 aromatic carbocycles. The molecule has 1 aromatic rings. The number of hydrogen-bond acceptors (Lipinski definition) is 4. The van der Waals surface area contributed by atoms with E-state index < -0.39 is 0 Å². The summed E-state index contributed by atoms with van der Waals surface area (Å²) in [6, 6.07) is 8.12. The molecule has 1 amide bonds. The highest BCUT2D eigenvalue weighted by atomic mass is 16.2. The van der Waals surface area contributed by atoms with Gasteiger partial charge in [-0.05, 0) is 6.07 Å². The normalized spacial score (nSPS) is 19.1. The molecule has 2 N–H and O–H groups in total. The largest absolute Gasteiger partial charge is 0.368 e. The molecule has 2 fully saturated rings. The van der Waals surface area contributed by atoms with Crippen LogP contribution in [0.1, 0.15) is 5.56 Å². The molecule has 0 aliphatic carbocycles. The molecule has 2 aliphatic rings. The summed E-state index contributed by atoms with van der Waals surface area (Å²) in [5.41, 5.74) is 2.70. The maximum Gasteiger partial charge on any atom is 0.254 e. The first-order valence-electron chi connectivity index (χ1n) is 8.01. The molecule has 0 radical (unpaired) electrons. The molecule has 5 nitrogen and oxygen atoms in total. The molecule has 0 aromatic heterocycles. The van der Waals surface area contributed by atoms with Gasteiger partial charge >= 0.3 is 0 Å². The number of rotatable bonds is 3. The smallest absolute Gasteiger partial charge is 0.254 e. The van der Waals surface area contributed by atoms with Crippen LogP contribution in [-0.2, 0) is 4.79 Å². The van der Waals surface area contributed by atoms with Gasteiger partial charge < -0.3 is 20.4 Å². The molecule has 118 valence electrons. The highest BCUT2D eigenvalue weighted by Gasteiger charge is 2.23. The molecule has 0 spiro atoms. The predicted octanol–water partition coefficient (Wildman–Crippen LogP) is 0.541. The lowest BCUT2D eigenvalue weighted by Gasteiger charge is -2.32. The monoisotopic (exact) mass is 300 g/mol. The minimum atomic E-state index is 0.0593. The highest BCUT2D eigenvalue weighted by molar-refractivity contribution is 6.20. The van der Waals surface area contributed by atoms with Gasteiger partial charge in [-0.15, -0.1) is 0 Å². The van der Waals surface area contributed by atoms with Crippen molar-refractivity contribution in [1.82, 2.24) is 15.5 Å². The maximum absolute atomic E-state index is 12.7. The van der Waals surface area contributed by atoms with E-state index in [0.717, 1.165) is 63.6 Å². The number of para-hydroxylation sites is 1. The van der Waals surface area contributed by atoms with Crippen LogP contribution in [0.5, 0.6) is 0 Å². The van der Waals surface area contributed by atoms with Crippen molar-refractivity contribution in [3.05, 3.63) is 36.4 Å². The Morgan fingerprint density at radius 2 is 1.55 bits per heavy atom. The summed E-state index contributed by atoms with van der Waals surface area (Å²) in [5.74, 6) is 0.0593. The molecule has 2 aliphatic heterocycles. The van der Waals surface area contributed by atoms with Crippen LogP contribution < -0.4 is 15.5 Å². The van der Waals surface area contributed by atoms with E-state index in [1.54, 1.807) is 0 Å². The third-order valence-corrected chi connectivity index (χ3v) is 4.35. The molecule has 3 rings (SSSR count). The zero-order valence-corrected chi connectivity index (χ0v) is 13.0. The summed E-state index contributed by atoms with van der Waals surface area (Å²) in [7, 11) is 0. The summed E-state index contributed by atoms with van der Waals surface area (Å²) < 4.78 is 0. The Bertz CT molecular complexity index is 545. The first kappa shape index (κ1) is 15.1. The van der Waals surface area contributed by atoms with Crippen molar-refractivity contribution in [2.24, 2.45) is 0 Å². The van der Waals surface area contributed by atoms with E-state index in [2.05, 4.69) is 28.2 Å². The van der Waals surface area contributed by atoms with Crippen LogP contribution in [0.4, 0.5) is 5.69 Å². The first-order chi connectivity index (χ1) is 10.8. The topological polar surface area (TPSA) is 47.6 Å². The average molecular weight is 300 g/mol. The van der Waals surface area contributed by atoms with Crippen molar-refractivity contribution in [3.63, 3.8) is 0 Å². The number of piperazine rings is 2. The lowest BCUT2D eigenvalue weighted by Crippen LogP contribution is -2.47. The number of carbonyl (C=O) groups excluding carboxylic acids is 1. The molecular formula is C17H24N4O. The third kappa shape index (κ3) is 3.15. The number of nitrogens with zero attached hydrogens (tertiary/aromatic N) is 2. The van der Waals surface area contributed by atoms with Crippen molar-refractivity contribution >= 4 is 17.2 Å². The second kappa shape index (κ2) is 6.94. The van der Waals surface area contributed by atoms with Gasteiger partial charge in [-0.3, -0.25) is 4.79 Å². The van der Waals surface area contributed by atoms with Crippen LogP contribution in [-0.4, -0.2) is 63.2 Å². The number of carbonyl (C=O) groups is 1. The predicted molar refractivity (Wildman–Crippen MR) is 90.0 cm³/mol. The number of amides is 1. The zero-order chi connectivity index (χ0) is 15.4. The van der Waals surface area contributed by atoms with Crippen molar-refractivity contribution < 1.29 is 4.79 Å². The molecule has 2 heterocycles. The number of benzene rings is 1. The van der Waals surface area contributed by atoms with Crippen LogP contribution in [0.15, 0.2) is 30.8 Å². The van der Waals surface area contributed by atoms with E-state index >= 15 is 0 Å². The van der Waals surface area contributed by atoms with Crippen molar-refractivity contribution in [2.75, 3.05) is 57.3 Å². The van der Waals surface area contributed by atoms with Crippen molar-refractivity contribution in [1.29, 1.82) is 0 Å². The second-order valence-corrected chi connectivity index (χ2v) is 5.77. The van der Waals surface area contributed by atoms with Crippen LogP contribution >= 0.6 is 0 Å². The fourth-order valence-corrected chi connectivity index (χ4v) is 3.08. The number of nitrogens with one attached hydrogen (secondary N) is 2. The molecule has 2 saturated heterocycles. The van der Waals surface area contributed by atoms with Gasteiger partial charge in [0.1, 0.15) is 0 Å².